The van der Waals surface area contributed by atoms with Crippen LogP contribution in [-0.4, -0.2) is 25.0 Å². The smallest absolute Gasteiger partial charge is 0.314 e. The Labute approximate surface area is 186 Å². The molecule has 1 amide bonds. The average molecular weight is 431 g/mol. The molecule has 31 heavy (non-hydrogen) atoms. The van der Waals surface area contributed by atoms with Crippen molar-refractivity contribution in [3.63, 3.8) is 0 Å². The van der Waals surface area contributed by atoms with Crippen LogP contribution in [0.1, 0.15) is 70.8 Å². The number of hydrogen-bond acceptors (Lipinski definition) is 5. The number of nitrogens with one attached hydrogen (secondary N) is 1. The Morgan fingerprint density at radius 3 is 2.58 bits per heavy atom. The normalized spacial score (nSPS) is 18.9. The van der Waals surface area contributed by atoms with Crippen LogP contribution in [0.2, 0.25) is 0 Å². The molecular formula is C25H38N2O4. The Morgan fingerprint density at radius 2 is 1.90 bits per heavy atom. The second-order valence-corrected chi connectivity index (χ2v) is 8.71. The second-order valence-electron chi connectivity index (χ2n) is 8.71. The summed E-state index contributed by atoms with van der Waals surface area (Å²) in [5.74, 6) is 1.18. The van der Waals surface area contributed by atoms with Gasteiger partial charge in [0, 0.05) is 19.0 Å². The van der Waals surface area contributed by atoms with Crippen LogP contribution >= 0.6 is 0 Å². The molecule has 3 N–H and O–H groups in total. The van der Waals surface area contributed by atoms with Gasteiger partial charge in [0.1, 0.15) is 0 Å². The van der Waals surface area contributed by atoms with E-state index in [1.54, 1.807) is 19.2 Å². The first-order chi connectivity index (χ1) is 14.9. The van der Waals surface area contributed by atoms with E-state index in [9.17, 15) is 9.59 Å². The van der Waals surface area contributed by atoms with Gasteiger partial charge in [-0.2, -0.15) is 0 Å². The number of allylic oxidation sites excluding steroid dienone is 2. The zero-order valence-electron chi connectivity index (χ0n) is 19.2. The highest BCUT2D eigenvalue weighted by Crippen LogP contribution is 2.31. The quantitative estimate of drug-likeness (QED) is 0.233. The highest BCUT2D eigenvalue weighted by atomic mass is 16.6. The Morgan fingerprint density at radius 1 is 1.16 bits per heavy atom. The number of carbonyl (C=O) groups excluding carboxylic acids is 2. The van der Waals surface area contributed by atoms with E-state index in [4.69, 9.17) is 15.2 Å². The van der Waals surface area contributed by atoms with E-state index >= 15 is 0 Å². The third-order valence-electron chi connectivity index (χ3n) is 5.58. The molecule has 1 aromatic carbocycles. The second kappa shape index (κ2) is 13.2. The first kappa shape index (κ1) is 24.9. The summed E-state index contributed by atoms with van der Waals surface area (Å²) in [4.78, 5) is 24.5. The predicted octanol–water partition coefficient (Wildman–Crippen LogP) is 4.51. The number of amides is 1. The number of nitrogens with two attached hydrogens (primary N) is 1. The molecule has 1 saturated carbocycles. The van der Waals surface area contributed by atoms with Crippen molar-refractivity contribution in [2.45, 2.75) is 77.8 Å². The minimum absolute atomic E-state index is 0.0396. The number of rotatable bonds is 11. The number of unbranched alkanes of at least 4 members (excludes halogenated alkanes) is 2. The maximum atomic E-state index is 12.5. The molecule has 6 heteroatoms. The molecule has 0 aliphatic heterocycles. The predicted molar refractivity (Wildman–Crippen MR) is 123 cm³/mol. The number of benzene rings is 1. The zero-order chi connectivity index (χ0) is 22.6. The molecule has 0 saturated heterocycles. The molecule has 6 nitrogen and oxygen atoms in total. The van der Waals surface area contributed by atoms with E-state index in [2.05, 4.69) is 31.3 Å². The van der Waals surface area contributed by atoms with E-state index in [1.807, 2.05) is 6.07 Å². The van der Waals surface area contributed by atoms with E-state index in [0.29, 0.717) is 30.4 Å². The first-order valence-electron chi connectivity index (χ1n) is 11.5. The number of esters is 1. The summed E-state index contributed by atoms with van der Waals surface area (Å²) in [5, 5.41) is 2.94. The minimum Gasteiger partial charge on any atom is -0.493 e. The lowest BCUT2D eigenvalue weighted by molar-refractivity contribution is -0.140. The van der Waals surface area contributed by atoms with Crippen LogP contribution in [0.25, 0.3) is 0 Å². The van der Waals surface area contributed by atoms with Crippen LogP contribution < -0.4 is 20.5 Å². The molecule has 1 aliphatic rings. The van der Waals surface area contributed by atoms with Crippen molar-refractivity contribution in [1.29, 1.82) is 0 Å². The highest BCUT2D eigenvalue weighted by Gasteiger charge is 2.27. The Kier molecular flexibility index (Phi) is 10.6. The van der Waals surface area contributed by atoms with E-state index in [1.165, 1.54) is 0 Å². The lowest BCUT2D eigenvalue weighted by Crippen LogP contribution is -2.31. The van der Waals surface area contributed by atoms with Gasteiger partial charge in [0.05, 0.1) is 13.0 Å². The van der Waals surface area contributed by atoms with Gasteiger partial charge in [-0.1, -0.05) is 32.1 Å². The molecule has 2 rings (SSSR count). The molecule has 0 bridgehead atoms. The number of ether oxygens (including phenoxy) is 2. The number of hydrogen-bond donors (Lipinski definition) is 2. The molecule has 0 aromatic heterocycles. The van der Waals surface area contributed by atoms with Crippen molar-refractivity contribution < 1.29 is 19.1 Å². The van der Waals surface area contributed by atoms with Gasteiger partial charge in [-0.05, 0) is 68.6 Å². The van der Waals surface area contributed by atoms with Crippen molar-refractivity contribution in [3.8, 4) is 11.5 Å². The SMILES string of the molecule is COc1cc(CNC(=O)CCCC/C=C/C(C)C)ccc1OC(=O)C1CCC(N)CC1. The standard InChI is InChI=1S/C25H38N2O4/c1-18(2)8-6-4-5-7-9-24(28)27-17-19-10-15-22(23(16-19)30-3)31-25(29)20-11-13-21(26)14-12-20/h6,8,10,15-16,18,20-21H,4-5,7,9,11-14,17,26H2,1-3H3,(H,27,28)/b8-6+. The van der Waals surface area contributed by atoms with Gasteiger partial charge in [-0.15, -0.1) is 0 Å². The third kappa shape index (κ3) is 9.13. The summed E-state index contributed by atoms with van der Waals surface area (Å²) < 4.78 is 11.0. The molecule has 0 unspecified atom stereocenters. The van der Waals surface area contributed by atoms with Gasteiger partial charge in [0.25, 0.3) is 0 Å². The van der Waals surface area contributed by atoms with Crippen molar-refractivity contribution in [2.75, 3.05) is 7.11 Å². The van der Waals surface area contributed by atoms with Gasteiger partial charge in [-0.25, -0.2) is 0 Å². The first-order valence-corrected chi connectivity index (χ1v) is 11.5. The molecule has 0 spiro atoms. The molecule has 0 atom stereocenters. The lowest BCUT2D eigenvalue weighted by Gasteiger charge is -2.24. The summed E-state index contributed by atoms with van der Waals surface area (Å²) >= 11 is 0. The van der Waals surface area contributed by atoms with Crippen LogP contribution in [0.15, 0.2) is 30.4 Å². The molecular weight excluding hydrogens is 392 g/mol. The molecule has 0 radical (unpaired) electrons. The number of carbonyl (C=O) groups is 2. The summed E-state index contributed by atoms with van der Waals surface area (Å²) in [6.07, 6.45) is 11.0. The van der Waals surface area contributed by atoms with Crippen LogP contribution in [0.4, 0.5) is 0 Å². The minimum atomic E-state index is -0.227. The van der Waals surface area contributed by atoms with Crippen LogP contribution in [0, 0.1) is 11.8 Å². The van der Waals surface area contributed by atoms with Crippen molar-refractivity contribution >= 4 is 11.9 Å². The Bertz CT molecular complexity index is 737. The van der Waals surface area contributed by atoms with Gasteiger partial charge in [0.2, 0.25) is 5.91 Å². The largest absolute Gasteiger partial charge is 0.493 e. The van der Waals surface area contributed by atoms with Crippen molar-refractivity contribution in [2.24, 2.45) is 17.6 Å². The maximum Gasteiger partial charge on any atom is 0.314 e. The Balaban J connectivity index is 1.77. The molecule has 1 fully saturated rings. The van der Waals surface area contributed by atoms with E-state index in [-0.39, 0.29) is 23.8 Å². The van der Waals surface area contributed by atoms with Gasteiger partial charge < -0.3 is 20.5 Å². The van der Waals surface area contributed by atoms with Crippen molar-refractivity contribution in [1.82, 2.24) is 5.32 Å². The van der Waals surface area contributed by atoms with E-state index < -0.39 is 0 Å². The monoisotopic (exact) mass is 430 g/mol. The fraction of sp³-hybridized carbons (Fsp3) is 0.600. The summed E-state index contributed by atoms with van der Waals surface area (Å²) in [5.41, 5.74) is 6.81. The van der Waals surface area contributed by atoms with Gasteiger partial charge >= 0.3 is 5.97 Å². The fourth-order valence-corrected chi connectivity index (χ4v) is 3.66. The summed E-state index contributed by atoms with van der Waals surface area (Å²) in [6, 6.07) is 5.57. The topological polar surface area (TPSA) is 90.6 Å². The Hall–Kier alpha value is -2.34. The van der Waals surface area contributed by atoms with E-state index in [0.717, 1.165) is 50.5 Å². The number of methoxy groups -OCH3 is 1. The molecule has 1 aromatic rings. The molecule has 1 aliphatic carbocycles. The fourth-order valence-electron chi connectivity index (χ4n) is 3.66. The zero-order valence-corrected chi connectivity index (χ0v) is 19.2. The highest BCUT2D eigenvalue weighted by molar-refractivity contribution is 5.76. The molecule has 0 heterocycles. The summed E-state index contributed by atoms with van der Waals surface area (Å²) in [6.45, 7) is 4.72. The van der Waals surface area contributed by atoms with Gasteiger partial charge in [0.15, 0.2) is 11.5 Å². The lowest BCUT2D eigenvalue weighted by atomic mass is 9.86. The molecule has 172 valence electrons. The van der Waals surface area contributed by atoms with Crippen LogP contribution in [0.3, 0.4) is 0 Å². The maximum absolute atomic E-state index is 12.5. The van der Waals surface area contributed by atoms with Gasteiger partial charge in [-0.3, -0.25) is 9.59 Å². The van der Waals surface area contributed by atoms with Crippen molar-refractivity contribution in [3.05, 3.63) is 35.9 Å². The van der Waals surface area contributed by atoms with Crippen LogP contribution in [0.5, 0.6) is 11.5 Å². The summed E-state index contributed by atoms with van der Waals surface area (Å²) in [7, 11) is 1.54. The third-order valence-corrected chi connectivity index (χ3v) is 5.58. The van der Waals surface area contributed by atoms with Crippen LogP contribution in [-0.2, 0) is 16.1 Å². The average Bonchev–Trinajstić information content (AvgIpc) is 2.75.